The Morgan fingerprint density at radius 3 is 1.79 bits per heavy atom. The molecule has 82 valence electrons. The van der Waals surface area contributed by atoms with Gasteiger partial charge in [0.15, 0.2) is 7.38 Å². The van der Waals surface area contributed by atoms with Crippen LogP contribution in [0.4, 0.5) is 0 Å². The van der Waals surface area contributed by atoms with Crippen LogP contribution < -0.4 is 0 Å². The molecule has 0 amide bonds. The topological polar surface area (TPSA) is 0 Å². The fourth-order valence-electron chi connectivity index (χ4n) is 1.60. The molecule has 0 saturated heterocycles. The molecule has 0 atom stereocenters. The molecule has 0 unspecified atom stereocenters. The Hall–Kier alpha value is -0.0131. The lowest BCUT2D eigenvalue weighted by atomic mass is 10.3. The van der Waals surface area contributed by atoms with Gasteiger partial charge < -0.3 is 0 Å². The van der Waals surface area contributed by atoms with Gasteiger partial charge in [-0.3, -0.25) is 0 Å². The van der Waals surface area contributed by atoms with Crippen LogP contribution in [0.3, 0.4) is 0 Å². The highest BCUT2D eigenvalue weighted by Crippen LogP contribution is 2.29. The van der Waals surface area contributed by atoms with Crippen molar-refractivity contribution in [3.05, 3.63) is 25.3 Å². The maximum absolute atomic E-state index is 6.67. The average Bonchev–Trinajstić information content (AvgIpc) is 2.19. The van der Waals surface area contributed by atoms with Crippen molar-refractivity contribution in [2.24, 2.45) is 0 Å². The van der Waals surface area contributed by atoms with Crippen LogP contribution in [0.15, 0.2) is 25.3 Å². The van der Waals surface area contributed by atoms with Crippen molar-refractivity contribution in [3.63, 3.8) is 0 Å². The van der Waals surface area contributed by atoms with E-state index < -0.39 is 7.38 Å². The van der Waals surface area contributed by atoms with Crippen LogP contribution in [0, 0.1) is 0 Å². The van der Waals surface area contributed by atoms with Crippen molar-refractivity contribution in [1.82, 2.24) is 0 Å². The van der Waals surface area contributed by atoms with Crippen LogP contribution in [0.25, 0.3) is 0 Å². The van der Waals surface area contributed by atoms with Gasteiger partial charge in [0.05, 0.1) is 0 Å². The summed E-state index contributed by atoms with van der Waals surface area (Å²) in [6.45, 7) is 9.72. The van der Waals surface area contributed by atoms with Gasteiger partial charge in [0.2, 0.25) is 0 Å². The number of unbranched alkanes of at least 4 members (excludes halogenated alkanes) is 2. The first-order valence-corrected chi connectivity index (χ1v) is 9.22. The summed E-state index contributed by atoms with van der Waals surface area (Å²) in [5.74, 6) is 0. The predicted molar refractivity (Wildman–Crippen MR) is 70.6 cm³/mol. The molecule has 0 fully saturated rings. The highest BCUT2D eigenvalue weighted by molar-refractivity contribution is 7.20. The Kier molecular flexibility index (Phi) is 8.30. The zero-order valence-corrected chi connectivity index (χ0v) is 11.2. The van der Waals surface area contributed by atoms with Gasteiger partial charge >= 0.3 is 0 Å². The van der Waals surface area contributed by atoms with E-state index in [-0.39, 0.29) is 0 Å². The van der Waals surface area contributed by atoms with E-state index in [2.05, 4.69) is 20.1 Å². The third-order valence-corrected chi connectivity index (χ3v) is 8.40. The van der Waals surface area contributed by atoms with Gasteiger partial charge in [-0.1, -0.05) is 31.9 Å². The normalized spacial score (nSPS) is 11.3. The smallest absolute Gasteiger partial charge is 0.156 e. The van der Waals surface area contributed by atoms with Gasteiger partial charge in [-0.2, -0.15) is 11.1 Å². The van der Waals surface area contributed by atoms with Crippen molar-refractivity contribution < 1.29 is 0 Å². The van der Waals surface area contributed by atoms with E-state index >= 15 is 0 Å². The summed E-state index contributed by atoms with van der Waals surface area (Å²) in [4.78, 5) is 0. The first-order chi connectivity index (χ1) is 6.68. The summed E-state index contributed by atoms with van der Waals surface area (Å²) in [5, 5.41) is 0. The lowest BCUT2D eigenvalue weighted by molar-refractivity contribution is 0.891. The van der Waals surface area contributed by atoms with Gasteiger partial charge in [0, 0.05) is 0 Å². The molecule has 0 aliphatic carbocycles. The zero-order chi connectivity index (χ0) is 10.9. The third kappa shape index (κ3) is 6.44. The summed E-state index contributed by atoms with van der Waals surface area (Å²) in [6.07, 6.45) is 8.66. The van der Waals surface area contributed by atoms with Crippen molar-refractivity contribution in [2.45, 2.75) is 50.7 Å². The SMILES string of the molecule is C=CCCC[Si](Cl)(CC)CCCC=C. The molecule has 0 aromatic carbocycles. The first kappa shape index (κ1) is 14.0. The highest BCUT2D eigenvalue weighted by Gasteiger charge is 2.26. The Morgan fingerprint density at radius 2 is 1.50 bits per heavy atom. The van der Waals surface area contributed by atoms with Crippen LogP contribution in [0.1, 0.15) is 32.6 Å². The van der Waals surface area contributed by atoms with Gasteiger partial charge in [-0.25, -0.2) is 0 Å². The molecule has 0 aromatic rings. The van der Waals surface area contributed by atoms with E-state index in [1.165, 1.54) is 31.0 Å². The Morgan fingerprint density at radius 1 is 1.07 bits per heavy atom. The molecule has 0 rings (SSSR count). The molecule has 14 heavy (non-hydrogen) atoms. The van der Waals surface area contributed by atoms with Gasteiger partial charge in [-0.15, -0.1) is 13.2 Å². The number of hydrogen-bond acceptors (Lipinski definition) is 0. The lowest BCUT2D eigenvalue weighted by Crippen LogP contribution is -2.25. The Balaban J connectivity index is 3.77. The second-order valence-electron chi connectivity index (χ2n) is 3.87. The molecule has 2 heteroatoms. The van der Waals surface area contributed by atoms with E-state index in [4.69, 9.17) is 11.1 Å². The summed E-state index contributed by atoms with van der Waals surface area (Å²) in [7, 11) is -1.42. The van der Waals surface area contributed by atoms with Crippen LogP contribution >= 0.6 is 11.1 Å². The molecule has 0 heterocycles. The number of rotatable bonds is 9. The molecule has 0 N–H and O–H groups in total. The Labute approximate surface area is 94.8 Å². The minimum atomic E-state index is -1.42. The van der Waals surface area contributed by atoms with E-state index in [1.807, 2.05) is 12.2 Å². The van der Waals surface area contributed by atoms with Crippen LogP contribution in [0.2, 0.25) is 18.1 Å². The number of halogens is 1. The van der Waals surface area contributed by atoms with Crippen molar-refractivity contribution in [1.29, 1.82) is 0 Å². The van der Waals surface area contributed by atoms with Gasteiger partial charge in [-0.05, 0) is 31.0 Å². The molecule has 0 aliphatic heterocycles. The largest absolute Gasteiger partial charge is 0.167 e. The number of allylic oxidation sites excluding steroid dienone is 2. The second-order valence-corrected chi connectivity index (χ2v) is 10.3. The average molecular weight is 231 g/mol. The molecule has 0 aromatic heterocycles. The maximum atomic E-state index is 6.67. The minimum Gasteiger partial charge on any atom is -0.167 e. The summed E-state index contributed by atoms with van der Waals surface area (Å²) < 4.78 is 0. The fourth-order valence-corrected chi connectivity index (χ4v) is 5.04. The molecular weight excluding hydrogens is 208 g/mol. The van der Waals surface area contributed by atoms with Crippen LogP contribution in [-0.2, 0) is 0 Å². The highest BCUT2D eigenvalue weighted by atomic mass is 35.6. The van der Waals surface area contributed by atoms with Crippen LogP contribution in [0.5, 0.6) is 0 Å². The first-order valence-electron chi connectivity index (χ1n) is 5.59. The molecule has 0 nitrogen and oxygen atoms in total. The quantitative estimate of drug-likeness (QED) is 0.223. The second kappa shape index (κ2) is 8.31. The molecule has 0 bridgehead atoms. The summed E-state index contributed by atoms with van der Waals surface area (Å²) in [6, 6.07) is 3.69. The van der Waals surface area contributed by atoms with Gasteiger partial charge in [0.1, 0.15) is 0 Å². The van der Waals surface area contributed by atoms with E-state index in [0.29, 0.717) is 0 Å². The van der Waals surface area contributed by atoms with Gasteiger partial charge in [0.25, 0.3) is 0 Å². The Bertz CT molecular complexity index is 152. The fraction of sp³-hybridized carbons (Fsp3) is 0.667. The van der Waals surface area contributed by atoms with Crippen molar-refractivity contribution >= 4 is 18.5 Å². The van der Waals surface area contributed by atoms with E-state index in [9.17, 15) is 0 Å². The molecule has 0 radical (unpaired) electrons. The molecular formula is C12H23ClSi. The van der Waals surface area contributed by atoms with Crippen molar-refractivity contribution in [3.8, 4) is 0 Å². The molecule has 0 aliphatic rings. The van der Waals surface area contributed by atoms with E-state index in [0.717, 1.165) is 12.8 Å². The van der Waals surface area contributed by atoms with Crippen molar-refractivity contribution in [2.75, 3.05) is 0 Å². The van der Waals surface area contributed by atoms with E-state index in [1.54, 1.807) is 0 Å². The zero-order valence-electron chi connectivity index (χ0n) is 9.40. The predicted octanol–water partition coefficient (Wildman–Crippen LogP) is 5.12. The standard InChI is InChI=1S/C12H23ClSi/c1-4-7-9-11-14(13,6-3)12-10-8-5-2/h4-5H,1-2,6-12H2,3H3. The molecule has 0 saturated carbocycles. The maximum Gasteiger partial charge on any atom is 0.156 e. The lowest BCUT2D eigenvalue weighted by Gasteiger charge is -2.22. The summed E-state index contributed by atoms with van der Waals surface area (Å²) in [5.41, 5.74) is 0. The summed E-state index contributed by atoms with van der Waals surface area (Å²) >= 11 is 6.67. The number of hydrogen-bond donors (Lipinski definition) is 0. The monoisotopic (exact) mass is 230 g/mol. The minimum absolute atomic E-state index is 1.11. The van der Waals surface area contributed by atoms with Crippen LogP contribution in [-0.4, -0.2) is 7.38 Å². The third-order valence-electron chi connectivity index (χ3n) is 2.70. The molecule has 0 spiro atoms.